The molecule has 1 nitrogen and oxygen atoms in total. The smallest absolute Gasteiger partial charge is 0.142 e. The summed E-state index contributed by atoms with van der Waals surface area (Å²) < 4.78 is 13.2. The van der Waals surface area contributed by atoms with Crippen LogP contribution >= 0.6 is 34.8 Å². The van der Waals surface area contributed by atoms with E-state index in [2.05, 4.69) is 5.32 Å². The van der Waals surface area contributed by atoms with Crippen LogP contribution in [0.2, 0.25) is 15.1 Å². The Labute approximate surface area is 119 Å². The number of anilines is 1. The normalized spacial score (nSPS) is 10.4. The van der Waals surface area contributed by atoms with Crippen LogP contribution in [0.1, 0.15) is 5.56 Å². The highest BCUT2D eigenvalue weighted by atomic mass is 35.5. The molecule has 0 aliphatic carbocycles. The lowest BCUT2D eigenvalue weighted by Crippen LogP contribution is -2.00. The van der Waals surface area contributed by atoms with Crippen LogP contribution in [0.3, 0.4) is 0 Å². The molecule has 0 saturated carbocycles. The van der Waals surface area contributed by atoms with E-state index in [1.807, 2.05) is 0 Å². The third-order valence-electron chi connectivity index (χ3n) is 2.42. The van der Waals surface area contributed by atoms with Crippen molar-refractivity contribution in [3.05, 3.63) is 62.8 Å². The molecular weight excluding hydrogens is 296 g/mol. The summed E-state index contributed by atoms with van der Waals surface area (Å²) >= 11 is 17.5. The maximum atomic E-state index is 13.2. The summed E-state index contributed by atoms with van der Waals surface area (Å²) in [5, 5.41) is 4.13. The maximum Gasteiger partial charge on any atom is 0.142 e. The molecule has 0 unspecified atom stereocenters. The SMILES string of the molecule is Fc1cc(CNc2cccc(Cl)c2Cl)ccc1Cl. The first-order valence-corrected chi connectivity index (χ1v) is 6.33. The Hall–Kier alpha value is -0.960. The van der Waals surface area contributed by atoms with E-state index in [0.717, 1.165) is 5.56 Å². The molecule has 0 aromatic heterocycles. The predicted octanol–water partition coefficient (Wildman–Crippen LogP) is 5.40. The lowest BCUT2D eigenvalue weighted by Gasteiger charge is -2.09. The first-order chi connectivity index (χ1) is 8.58. The largest absolute Gasteiger partial charge is 0.380 e. The molecule has 0 aliphatic heterocycles. The number of hydrogen-bond acceptors (Lipinski definition) is 1. The summed E-state index contributed by atoms with van der Waals surface area (Å²) in [6, 6.07) is 9.95. The van der Waals surface area contributed by atoms with Crippen LogP contribution in [0.25, 0.3) is 0 Å². The third-order valence-corrected chi connectivity index (χ3v) is 3.54. The number of benzene rings is 2. The van der Waals surface area contributed by atoms with Crippen molar-refractivity contribution < 1.29 is 4.39 Å². The van der Waals surface area contributed by atoms with Crippen molar-refractivity contribution in [3.8, 4) is 0 Å². The number of halogens is 4. The van der Waals surface area contributed by atoms with Crippen LogP contribution in [0.5, 0.6) is 0 Å². The van der Waals surface area contributed by atoms with Gasteiger partial charge in [0.2, 0.25) is 0 Å². The topological polar surface area (TPSA) is 12.0 Å². The Morgan fingerprint density at radius 1 is 1.00 bits per heavy atom. The minimum atomic E-state index is -0.437. The van der Waals surface area contributed by atoms with Crippen molar-refractivity contribution in [1.29, 1.82) is 0 Å². The highest BCUT2D eigenvalue weighted by molar-refractivity contribution is 6.43. The van der Waals surface area contributed by atoms with E-state index in [9.17, 15) is 4.39 Å². The van der Waals surface area contributed by atoms with Crippen LogP contribution in [0.15, 0.2) is 36.4 Å². The average Bonchev–Trinajstić information content (AvgIpc) is 2.35. The molecule has 18 heavy (non-hydrogen) atoms. The third kappa shape index (κ3) is 3.08. The Morgan fingerprint density at radius 2 is 1.78 bits per heavy atom. The average molecular weight is 305 g/mol. The second kappa shape index (κ2) is 5.79. The van der Waals surface area contributed by atoms with Gasteiger partial charge in [-0.3, -0.25) is 0 Å². The molecule has 0 spiro atoms. The summed E-state index contributed by atoms with van der Waals surface area (Å²) in [4.78, 5) is 0. The van der Waals surface area contributed by atoms with Gasteiger partial charge in [0.05, 0.1) is 20.8 Å². The fraction of sp³-hybridized carbons (Fsp3) is 0.0769. The van der Waals surface area contributed by atoms with Crippen molar-refractivity contribution in [2.45, 2.75) is 6.54 Å². The zero-order valence-corrected chi connectivity index (χ0v) is 11.5. The van der Waals surface area contributed by atoms with E-state index in [-0.39, 0.29) is 5.02 Å². The van der Waals surface area contributed by atoms with Crippen LogP contribution < -0.4 is 5.32 Å². The van der Waals surface area contributed by atoms with Gasteiger partial charge in [0.1, 0.15) is 5.82 Å². The zero-order chi connectivity index (χ0) is 13.1. The summed E-state index contributed by atoms with van der Waals surface area (Å²) in [5.74, 6) is -0.437. The van der Waals surface area contributed by atoms with Gasteiger partial charge >= 0.3 is 0 Å². The molecule has 2 aromatic rings. The van der Waals surface area contributed by atoms with Crippen molar-refractivity contribution in [2.75, 3.05) is 5.32 Å². The highest BCUT2D eigenvalue weighted by Gasteiger charge is 2.05. The second-order valence-electron chi connectivity index (χ2n) is 3.70. The van der Waals surface area contributed by atoms with Gasteiger partial charge < -0.3 is 5.32 Å². The van der Waals surface area contributed by atoms with Gasteiger partial charge in [0, 0.05) is 6.54 Å². The quantitative estimate of drug-likeness (QED) is 0.800. The second-order valence-corrected chi connectivity index (χ2v) is 4.90. The lowest BCUT2D eigenvalue weighted by molar-refractivity contribution is 0.626. The summed E-state index contributed by atoms with van der Waals surface area (Å²) in [6.45, 7) is 0.439. The Morgan fingerprint density at radius 3 is 2.50 bits per heavy atom. The summed E-state index contributed by atoms with van der Waals surface area (Å²) in [6.07, 6.45) is 0. The molecular formula is C13H9Cl3FN. The minimum Gasteiger partial charge on any atom is -0.380 e. The van der Waals surface area contributed by atoms with Gasteiger partial charge in [-0.2, -0.15) is 0 Å². The molecule has 2 rings (SSSR count). The van der Waals surface area contributed by atoms with Crippen molar-refractivity contribution in [2.24, 2.45) is 0 Å². The van der Waals surface area contributed by atoms with Crippen LogP contribution in [0.4, 0.5) is 10.1 Å². The van der Waals surface area contributed by atoms with Crippen molar-refractivity contribution in [1.82, 2.24) is 0 Å². The van der Waals surface area contributed by atoms with Gasteiger partial charge in [-0.15, -0.1) is 0 Å². The molecule has 0 saturated heterocycles. The van der Waals surface area contributed by atoms with Gasteiger partial charge in [-0.05, 0) is 29.8 Å². The van der Waals surface area contributed by atoms with Crippen molar-refractivity contribution >= 4 is 40.5 Å². The lowest BCUT2D eigenvalue weighted by atomic mass is 10.2. The zero-order valence-electron chi connectivity index (χ0n) is 9.18. The summed E-state index contributed by atoms with van der Waals surface area (Å²) in [7, 11) is 0. The van der Waals surface area contributed by atoms with Gasteiger partial charge in [0.25, 0.3) is 0 Å². The van der Waals surface area contributed by atoms with E-state index in [0.29, 0.717) is 22.3 Å². The van der Waals surface area contributed by atoms with Crippen LogP contribution in [-0.4, -0.2) is 0 Å². The van der Waals surface area contributed by atoms with Gasteiger partial charge in [-0.1, -0.05) is 46.9 Å². The van der Waals surface area contributed by atoms with Crippen LogP contribution in [-0.2, 0) is 6.54 Å². The molecule has 0 radical (unpaired) electrons. The van der Waals surface area contributed by atoms with E-state index >= 15 is 0 Å². The maximum absolute atomic E-state index is 13.2. The fourth-order valence-corrected chi connectivity index (χ4v) is 1.97. The molecule has 0 fully saturated rings. The number of rotatable bonds is 3. The molecule has 1 N–H and O–H groups in total. The van der Waals surface area contributed by atoms with E-state index in [4.69, 9.17) is 34.8 Å². The standard InChI is InChI=1S/C13H9Cl3FN/c14-9-5-4-8(6-11(9)17)7-18-12-3-1-2-10(15)13(12)16/h1-6,18H,7H2. The van der Waals surface area contributed by atoms with E-state index < -0.39 is 5.82 Å². The molecule has 0 aliphatic rings. The minimum absolute atomic E-state index is 0.111. The molecule has 5 heteroatoms. The van der Waals surface area contributed by atoms with E-state index in [1.165, 1.54) is 12.1 Å². The Balaban J connectivity index is 2.11. The van der Waals surface area contributed by atoms with E-state index in [1.54, 1.807) is 24.3 Å². The molecule has 94 valence electrons. The molecule has 0 amide bonds. The van der Waals surface area contributed by atoms with Crippen LogP contribution in [0, 0.1) is 5.82 Å². The number of hydrogen-bond donors (Lipinski definition) is 1. The summed E-state index contributed by atoms with van der Waals surface area (Å²) in [5.41, 5.74) is 1.48. The molecule has 0 atom stereocenters. The fourth-order valence-electron chi connectivity index (χ4n) is 1.49. The highest BCUT2D eigenvalue weighted by Crippen LogP contribution is 2.29. The molecule has 2 aromatic carbocycles. The molecule has 0 bridgehead atoms. The van der Waals surface area contributed by atoms with Gasteiger partial charge in [0.15, 0.2) is 0 Å². The monoisotopic (exact) mass is 303 g/mol. The van der Waals surface area contributed by atoms with Crippen molar-refractivity contribution in [3.63, 3.8) is 0 Å². The van der Waals surface area contributed by atoms with Gasteiger partial charge in [-0.25, -0.2) is 4.39 Å². The molecule has 0 heterocycles. The first kappa shape index (κ1) is 13.5. The number of nitrogens with one attached hydrogen (secondary N) is 1. The Kier molecular flexibility index (Phi) is 4.33. The Bertz CT molecular complexity index is 572. The first-order valence-electron chi connectivity index (χ1n) is 5.20. The predicted molar refractivity (Wildman–Crippen MR) is 75.2 cm³/mol.